The first-order valence-corrected chi connectivity index (χ1v) is 20.1. The topological polar surface area (TPSA) is 52.7 Å². The van der Waals surface area contributed by atoms with Crippen LogP contribution in [0.3, 0.4) is 0 Å². The molecule has 0 aromatic heterocycles. The van der Waals surface area contributed by atoms with Crippen LogP contribution in [-0.4, -0.2) is 60.9 Å². The molecular formula is C42H77N3O2. The average Bonchev–Trinajstić information content (AvgIpc) is 3.03. The third-order valence-corrected chi connectivity index (χ3v) is 9.83. The molecule has 0 spiro atoms. The Morgan fingerprint density at radius 1 is 0.617 bits per heavy atom. The monoisotopic (exact) mass is 656 g/mol. The van der Waals surface area contributed by atoms with Crippen LogP contribution >= 0.6 is 0 Å². The van der Waals surface area contributed by atoms with Crippen molar-refractivity contribution in [1.82, 2.24) is 15.1 Å². The van der Waals surface area contributed by atoms with Gasteiger partial charge in [0, 0.05) is 19.0 Å². The second-order valence-electron chi connectivity index (χ2n) is 14.4. The van der Waals surface area contributed by atoms with E-state index in [0.717, 1.165) is 103 Å². The number of carbonyl (C=O) groups excluding carboxylic acids is 2. The molecule has 5 heteroatoms. The number of allylic oxidation sites excluding steroid dienone is 6. The summed E-state index contributed by atoms with van der Waals surface area (Å²) in [5.41, 5.74) is -0.671. The van der Waals surface area contributed by atoms with Crippen molar-refractivity contribution in [3.05, 3.63) is 36.5 Å². The standard InChI is InChI=1S/C42H77N3O2/c1-6-9-12-15-18-21-24-27-32-39(33-28-25-22-19-16-13-10-7-2)40(46)45(38-31-37-44(4)5)42(34-30-35-42)41(47)43-36-29-26-23-20-17-14-11-8-3/h18-23,39H,6-17,24-38H2,1-5H3,(H,43,47)/b21-18-,22-19-,23-20-. The van der Waals surface area contributed by atoms with E-state index in [9.17, 15) is 9.59 Å². The van der Waals surface area contributed by atoms with Crippen LogP contribution in [0.25, 0.3) is 0 Å². The molecule has 0 heterocycles. The minimum absolute atomic E-state index is 0.0144. The summed E-state index contributed by atoms with van der Waals surface area (Å²) < 4.78 is 0. The molecule has 0 bridgehead atoms. The molecule has 1 fully saturated rings. The van der Waals surface area contributed by atoms with Crippen LogP contribution in [0.4, 0.5) is 0 Å². The average molecular weight is 656 g/mol. The molecule has 0 unspecified atom stereocenters. The van der Waals surface area contributed by atoms with Gasteiger partial charge in [-0.3, -0.25) is 9.59 Å². The number of hydrogen-bond acceptors (Lipinski definition) is 3. The van der Waals surface area contributed by atoms with Crippen LogP contribution in [0.2, 0.25) is 0 Å². The number of carbonyl (C=O) groups is 2. The number of hydrogen-bond donors (Lipinski definition) is 1. The highest BCUT2D eigenvalue weighted by Crippen LogP contribution is 2.40. The summed E-state index contributed by atoms with van der Waals surface area (Å²) in [5, 5.41) is 3.28. The Kier molecular flexibility index (Phi) is 26.7. The van der Waals surface area contributed by atoms with Gasteiger partial charge in [0.05, 0.1) is 0 Å². The van der Waals surface area contributed by atoms with Crippen LogP contribution in [0.15, 0.2) is 36.5 Å². The first-order valence-electron chi connectivity index (χ1n) is 20.1. The molecular weight excluding hydrogens is 578 g/mol. The second-order valence-corrected chi connectivity index (χ2v) is 14.4. The molecule has 272 valence electrons. The fourth-order valence-electron chi connectivity index (χ4n) is 6.62. The Balaban J connectivity index is 2.94. The van der Waals surface area contributed by atoms with Gasteiger partial charge in [-0.15, -0.1) is 0 Å². The van der Waals surface area contributed by atoms with Crippen LogP contribution in [0.5, 0.6) is 0 Å². The van der Waals surface area contributed by atoms with E-state index in [4.69, 9.17) is 0 Å². The summed E-state index contributed by atoms with van der Waals surface area (Å²) >= 11 is 0. The molecule has 1 aliphatic rings. The molecule has 1 rings (SSSR count). The van der Waals surface area contributed by atoms with E-state index >= 15 is 0 Å². The number of unbranched alkanes of at least 4 members (excludes halogenated alkanes) is 12. The van der Waals surface area contributed by atoms with Gasteiger partial charge in [0.15, 0.2) is 0 Å². The lowest BCUT2D eigenvalue weighted by molar-refractivity contribution is -0.157. The van der Waals surface area contributed by atoms with E-state index in [0.29, 0.717) is 13.1 Å². The summed E-state index contributed by atoms with van der Waals surface area (Å²) in [5.74, 6) is 0.296. The number of amides is 2. The molecule has 0 saturated heterocycles. The molecule has 1 N–H and O–H groups in total. The normalized spacial score (nSPS) is 14.6. The zero-order valence-corrected chi connectivity index (χ0v) is 31.8. The Morgan fingerprint density at radius 2 is 1.06 bits per heavy atom. The maximum absolute atomic E-state index is 14.5. The lowest BCUT2D eigenvalue weighted by atomic mass is 9.73. The van der Waals surface area contributed by atoms with E-state index in [-0.39, 0.29) is 17.7 Å². The van der Waals surface area contributed by atoms with Crippen molar-refractivity contribution in [3.8, 4) is 0 Å². The Hall–Kier alpha value is -1.88. The van der Waals surface area contributed by atoms with Crippen LogP contribution < -0.4 is 5.32 Å². The molecule has 1 aliphatic carbocycles. The van der Waals surface area contributed by atoms with Crippen LogP contribution in [0.1, 0.15) is 175 Å². The van der Waals surface area contributed by atoms with Crippen molar-refractivity contribution in [2.45, 2.75) is 180 Å². The zero-order chi connectivity index (χ0) is 34.4. The van der Waals surface area contributed by atoms with Crippen molar-refractivity contribution >= 4 is 11.8 Å². The maximum atomic E-state index is 14.5. The van der Waals surface area contributed by atoms with Gasteiger partial charge < -0.3 is 15.1 Å². The Morgan fingerprint density at radius 3 is 1.47 bits per heavy atom. The first kappa shape index (κ1) is 43.1. The van der Waals surface area contributed by atoms with Gasteiger partial charge in [-0.25, -0.2) is 0 Å². The predicted octanol–water partition coefficient (Wildman–Crippen LogP) is 11.0. The summed E-state index contributed by atoms with van der Waals surface area (Å²) in [6, 6.07) is 0. The van der Waals surface area contributed by atoms with Gasteiger partial charge in [-0.1, -0.05) is 95.8 Å². The minimum Gasteiger partial charge on any atom is -0.354 e. The molecule has 5 nitrogen and oxygen atoms in total. The van der Waals surface area contributed by atoms with Gasteiger partial charge >= 0.3 is 0 Å². The van der Waals surface area contributed by atoms with Crippen molar-refractivity contribution in [3.63, 3.8) is 0 Å². The minimum atomic E-state index is -0.671. The largest absolute Gasteiger partial charge is 0.354 e. The SMILES string of the molecule is CCCCC/C=C\CCCNC(=O)C1(N(CCCN(C)C)C(=O)C(CCC/C=C\CCCCC)CCC/C=C\CCCCC)CCC1. The highest BCUT2D eigenvalue weighted by molar-refractivity contribution is 5.93. The summed E-state index contributed by atoms with van der Waals surface area (Å²) in [4.78, 5) is 32.7. The molecule has 0 aliphatic heterocycles. The lowest BCUT2D eigenvalue weighted by Gasteiger charge is -2.50. The van der Waals surface area contributed by atoms with Gasteiger partial charge in [-0.2, -0.15) is 0 Å². The summed E-state index contributed by atoms with van der Waals surface area (Å²) in [6.45, 7) is 9.00. The van der Waals surface area contributed by atoms with Gasteiger partial charge in [0.2, 0.25) is 11.8 Å². The smallest absolute Gasteiger partial charge is 0.245 e. The van der Waals surface area contributed by atoms with Crippen LogP contribution in [0, 0.1) is 5.92 Å². The van der Waals surface area contributed by atoms with E-state index < -0.39 is 5.54 Å². The fourth-order valence-corrected chi connectivity index (χ4v) is 6.62. The van der Waals surface area contributed by atoms with E-state index in [1.807, 2.05) is 0 Å². The summed E-state index contributed by atoms with van der Waals surface area (Å²) in [7, 11) is 4.18. The van der Waals surface area contributed by atoms with Gasteiger partial charge in [0.25, 0.3) is 0 Å². The van der Waals surface area contributed by atoms with E-state index in [2.05, 4.69) is 86.4 Å². The third kappa shape index (κ3) is 19.6. The molecule has 2 amide bonds. The molecule has 0 aromatic rings. The highest BCUT2D eigenvalue weighted by Gasteiger charge is 2.51. The van der Waals surface area contributed by atoms with Gasteiger partial charge in [0.1, 0.15) is 5.54 Å². The van der Waals surface area contributed by atoms with Crippen molar-refractivity contribution in [2.75, 3.05) is 33.7 Å². The zero-order valence-electron chi connectivity index (χ0n) is 31.8. The maximum Gasteiger partial charge on any atom is 0.245 e. The van der Waals surface area contributed by atoms with Crippen LogP contribution in [-0.2, 0) is 9.59 Å². The molecule has 1 saturated carbocycles. The predicted molar refractivity (Wildman–Crippen MR) is 205 cm³/mol. The Labute approximate surface area is 292 Å². The molecule has 0 atom stereocenters. The van der Waals surface area contributed by atoms with Gasteiger partial charge in [-0.05, 0) is 136 Å². The number of nitrogens with zero attached hydrogens (tertiary/aromatic N) is 2. The Bertz CT molecular complexity index is 832. The first-order chi connectivity index (χ1) is 22.9. The van der Waals surface area contributed by atoms with E-state index in [1.54, 1.807) is 0 Å². The van der Waals surface area contributed by atoms with E-state index in [1.165, 1.54) is 57.8 Å². The van der Waals surface area contributed by atoms with Crippen molar-refractivity contribution in [1.29, 1.82) is 0 Å². The number of rotatable bonds is 31. The van der Waals surface area contributed by atoms with Crippen molar-refractivity contribution in [2.24, 2.45) is 5.92 Å². The lowest BCUT2D eigenvalue weighted by Crippen LogP contribution is -2.65. The summed E-state index contributed by atoms with van der Waals surface area (Å²) in [6.07, 6.45) is 40.2. The second kappa shape index (κ2) is 29.1. The number of nitrogens with one attached hydrogen (secondary N) is 1. The molecule has 0 radical (unpaired) electrons. The third-order valence-electron chi connectivity index (χ3n) is 9.83. The van der Waals surface area contributed by atoms with Crippen molar-refractivity contribution < 1.29 is 9.59 Å². The fraction of sp³-hybridized carbons (Fsp3) is 0.810. The quantitative estimate of drug-likeness (QED) is 0.0597. The highest BCUT2D eigenvalue weighted by atomic mass is 16.2. The molecule has 47 heavy (non-hydrogen) atoms. The molecule has 0 aromatic carbocycles.